The molecule has 0 atom stereocenters. The van der Waals surface area contributed by atoms with E-state index in [4.69, 9.17) is 4.74 Å². The third-order valence-electron chi connectivity index (χ3n) is 2.12. The minimum Gasteiger partial charge on any atom is -0.497 e. The molecule has 0 unspecified atom stereocenters. The Morgan fingerprint density at radius 2 is 2.38 bits per heavy atom. The minimum absolute atomic E-state index is 0.947. The van der Waals surface area contributed by atoms with Crippen LogP contribution in [-0.2, 0) is 6.54 Å². The van der Waals surface area contributed by atoms with Crippen molar-refractivity contribution in [2.45, 2.75) is 11.4 Å². The lowest BCUT2D eigenvalue weighted by Crippen LogP contribution is -2.13. The minimum atomic E-state index is 0.947. The molecule has 1 N–H and O–H groups in total. The fourth-order valence-electron chi connectivity index (χ4n) is 1.42. The highest BCUT2D eigenvalue weighted by atomic mass is 32.2. The summed E-state index contributed by atoms with van der Waals surface area (Å²) in [5.41, 5.74) is 1.35. The third-order valence-corrected chi connectivity index (χ3v) is 3.24. The summed E-state index contributed by atoms with van der Waals surface area (Å²) in [6, 6.07) is 6.28. The zero-order chi connectivity index (χ0) is 9.10. The smallest absolute Gasteiger partial charge is 0.119 e. The molecule has 13 heavy (non-hydrogen) atoms. The Labute approximate surface area is 82.7 Å². The highest BCUT2D eigenvalue weighted by molar-refractivity contribution is 7.99. The summed E-state index contributed by atoms with van der Waals surface area (Å²) in [5.74, 6) is 2.10. The van der Waals surface area contributed by atoms with Crippen LogP contribution in [0.25, 0.3) is 0 Å². The average molecular weight is 195 g/mol. The fraction of sp³-hybridized carbons (Fsp3) is 0.400. The maximum absolute atomic E-state index is 5.18. The van der Waals surface area contributed by atoms with E-state index in [9.17, 15) is 0 Å². The van der Waals surface area contributed by atoms with E-state index in [1.165, 1.54) is 10.5 Å². The number of benzene rings is 1. The molecular weight excluding hydrogens is 182 g/mol. The molecule has 0 radical (unpaired) electrons. The van der Waals surface area contributed by atoms with Gasteiger partial charge in [0.25, 0.3) is 0 Å². The first-order chi connectivity index (χ1) is 6.40. The van der Waals surface area contributed by atoms with Crippen molar-refractivity contribution in [3.05, 3.63) is 23.8 Å². The molecule has 0 saturated carbocycles. The van der Waals surface area contributed by atoms with Gasteiger partial charge in [0, 0.05) is 23.7 Å². The molecule has 1 aromatic rings. The van der Waals surface area contributed by atoms with Gasteiger partial charge in [-0.2, -0.15) is 0 Å². The number of hydrogen-bond donors (Lipinski definition) is 1. The second-order valence-electron chi connectivity index (χ2n) is 3.00. The van der Waals surface area contributed by atoms with Crippen molar-refractivity contribution in [2.24, 2.45) is 0 Å². The molecule has 1 aliphatic rings. The van der Waals surface area contributed by atoms with Gasteiger partial charge in [0.1, 0.15) is 5.75 Å². The van der Waals surface area contributed by atoms with E-state index in [2.05, 4.69) is 17.4 Å². The molecule has 0 spiro atoms. The van der Waals surface area contributed by atoms with Crippen LogP contribution in [0.4, 0.5) is 0 Å². The van der Waals surface area contributed by atoms with Gasteiger partial charge in [-0.1, -0.05) is 0 Å². The highest BCUT2D eigenvalue weighted by Gasteiger charge is 2.07. The van der Waals surface area contributed by atoms with E-state index in [0.717, 1.165) is 24.6 Å². The molecule has 0 bridgehead atoms. The first-order valence-electron chi connectivity index (χ1n) is 4.40. The molecule has 1 aromatic carbocycles. The van der Waals surface area contributed by atoms with Crippen LogP contribution >= 0.6 is 11.8 Å². The zero-order valence-electron chi connectivity index (χ0n) is 7.67. The summed E-state index contributed by atoms with van der Waals surface area (Å²) in [5, 5.41) is 3.38. The zero-order valence-corrected chi connectivity index (χ0v) is 8.49. The van der Waals surface area contributed by atoms with Crippen molar-refractivity contribution in [3.8, 4) is 5.75 Å². The first kappa shape index (κ1) is 8.91. The third kappa shape index (κ3) is 1.98. The van der Waals surface area contributed by atoms with E-state index in [0.29, 0.717) is 0 Å². The lowest BCUT2D eigenvalue weighted by Gasteiger charge is -2.06. The summed E-state index contributed by atoms with van der Waals surface area (Å²) in [4.78, 5) is 1.38. The van der Waals surface area contributed by atoms with Crippen LogP contribution in [0.15, 0.2) is 23.1 Å². The van der Waals surface area contributed by atoms with Crippen LogP contribution in [0, 0.1) is 0 Å². The van der Waals surface area contributed by atoms with Gasteiger partial charge in [0.15, 0.2) is 0 Å². The molecule has 0 aliphatic carbocycles. The number of hydrogen-bond acceptors (Lipinski definition) is 3. The van der Waals surface area contributed by atoms with Crippen molar-refractivity contribution in [2.75, 3.05) is 19.4 Å². The molecular formula is C10H13NOS. The highest BCUT2D eigenvalue weighted by Crippen LogP contribution is 2.27. The van der Waals surface area contributed by atoms with E-state index < -0.39 is 0 Å². The maximum atomic E-state index is 5.18. The molecule has 1 aliphatic heterocycles. The Hall–Kier alpha value is -0.670. The van der Waals surface area contributed by atoms with Crippen molar-refractivity contribution >= 4 is 11.8 Å². The van der Waals surface area contributed by atoms with E-state index in [1.807, 2.05) is 17.8 Å². The van der Waals surface area contributed by atoms with Crippen LogP contribution in [0.3, 0.4) is 0 Å². The lowest BCUT2D eigenvalue weighted by molar-refractivity contribution is 0.413. The topological polar surface area (TPSA) is 21.3 Å². The normalized spacial score (nSPS) is 16.1. The monoisotopic (exact) mass is 195 g/mol. The second kappa shape index (κ2) is 4.03. The molecule has 3 heteroatoms. The quantitative estimate of drug-likeness (QED) is 0.739. The molecule has 0 fully saturated rings. The SMILES string of the molecule is COc1ccc2c(c1)CNCCS2. The lowest BCUT2D eigenvalue weighted by atomic mass is 10.2. The van der Waals surface area contributed by atoms with Gasteiger partial charge in [-0.05, 0) is 23.8 Å². The molecule has 0 aromatic heterocycles. The van der Waals surface area contributed by atoms with E-state index in [-0.39, 0.29) is 0 Å². The Bertz CT molecular complexity index is 301. The van der Waals surface area contributed by atoms with Gasteiger partial charge < -0.3 is 10.1 Å². The Kier molecular flexibility index (Phi) is 2.76. The largest absolute Gasteiger partial charge is 0.497 e. The molecule has 0 saturated heterocycles. The number of ether oxygens (including phenoxy) is 1. The average Bonchev–Trinajstić information content (AvgIpc) is 2.41. The van der Waals surface area contributed by atoms with Crippen molar-refractivity contribution in [1.29, 1.82) is 0 Å². The summed E-state index contributed by atoms with van der Waals surface area (Å²) >= 11 is 1.91. The van der Waals surface area contributed by atoms with Crippen molar-refractivity contribution in [3.63, 3.8) is 0 Å². The number of rotatable bonds is 1. The molecule has 70 valence electrons. The summed E-state index contributed by atoms with van der Waals surface area (Å²) in [6.07, 6.45) is 0. The van der Waals surface area contributed by atoms with Gasteiger partial charge >= 0.3 is 0 Å². The first-order valence-corrected chi connectivity index (χ1v) is 5.39. The molecule has 2 rings (SSSR count). The van der Waals surface area contributed by atoms with E-state index >= 15 is 0 Å². The predicted octanol–water partition coefficient (Wildman–Crippen LogP) is 1.89. The Morgan fingerprint density at radius 3 is 3.23 bits per heavy atom. The van der Waals surface area contributed by atoms with Crippen LogP contribution < -0.4 is 10.1 Å². The molecule has 2 nitrogen and oxygen atoms in total. The van der Waals surface area contributed by atoms with Gasteiger partial charge in [-0.15, -0.1) is 11.8 Å². The second-order valence-corrected chi connectivity index (χ2v) is 4.14. The van der Waals surface area contributed by atoms with E-state index in [1.54, 1.807) is 7.11 Å². The van der Waals surface area contributed by atoms with Crippen molar-refractivity contribution in [1.82, 2.24) is 5.32 Å². The summed E-state index contributed by atoms with van der Waals surface area (Å²) in [6.45, 7) is 2.04. The Balaban J connectivity index is 2.32. The fourth-order valence-corrected chi connectivity index (χ4v) is 2.37. The van der Waals surface area contributed by atoms with Crippen LogP contribution in [-0.4, -0.2) is 19.4 Å². The van der Waals surface area contributed by atoms with Gasteiger partial charge in [-0.25, -0.2) is 0 Å². The number of methoxy groups -OCH3 is 1. The van der Waals surface area contributed by atoms with Crippen LogP contribution in [0.2, 0.25) is 0 Å². The molecule has 1 heterocycles. The number of fused-ring (bicyclic) bond motifs is 1. The predicted molar refractivity (Wildman–Crippen MR) is 55.4 cm³/mol. The number of nitrogens with one attached hydrogen (secondary N) is 1. The van der Waals surface area contributed by atoms with Crippen molar-refractivity contribution < 1.29 is 4.74 Å². The van der Waals surface area contributed by atoms with Gasteiger partial charge in [-0.3, -0.25) is 0 Å². The van der Waals surface area contributed by atoms with Gasteiger partial charge in [0.05, 0.1) is 7.11 Å². The van der Waals surface area contributed by atoms with Crippen LogP contribution in [0.5, 0.6) is 5.75 Å². The number of thioether (sulfide) groups is 1. The van der Waals surface area contributed by atoms with Gasteiger partial charge in [0.2, 0.25) is 0 Å². The summed E-state index contributed by atoms with van der Waals surface area (Å²) < 4.78 is 5.18. The standard InChI is InChI=1S/C10H13NOS/c1-12-9-2-3-10-8(6-9)7-11-4-5-13-10/h2-3,6,11H,4-5,7H2,1H3. The van der Waals surface area contributed by atoms with Crippen LogP contribution in [0.1, 0.15) is 5.56 Å². The summed E-state index contributed by atoms with van der Waals surface area (Å²) in [7, 11) is 1.71. The Morgan fingerprint density at radius 1 is 1.46 bits per heavy atom. The maximum Gasteiger partial charge on any atom is 0.119 e. The molecule has 0 amide bonds.